The molecule has 0 fully saturated rings. The summed E-state index contributed by atoms with van der Waals surface area (Å²) in [6.45, 7) is 0.763. The molecule has 1 aromatic rings. The fourth-order valence-corrected chi connectivity index (χ4v) is 1.32. The lowest BCUT2D eigenvalue weighted by Gasteiger charge is -2.04. The molecule has 0 aromatic heterocycles. The van der Waals surface area contributed by atoms with E-state index in [0.717, 1.165) is 5.56 Å². The normalized spacial score (nSPS) is 10.6. The molecule has 0 saturated carbocycles. The Morgan fingerprint density at radius 1 is 1.37 bits per heavy atom. The zero-order valence-corrected chi connectivity index (χ0v) is 11.0. The molecule has 2 N–H and O–H groups in total. The lowest BCUT2D eigenvalue weighted by Crippen LogP contribution is -2.22. The summed E-state index contributed by atoms with van der Waals surface area (Å²) in [7, 11) is 1.56. The number of hydrogen-bond acceptors (Lipinski definition) is 4. The quantitative estimate of drug-likeness (QED) is 0.421. The number of carbonyl (C=O) groups is 1. The Bertz CT molecular complexity index is 400. The molecule has 0 atom stereocenters. The lowest BCUT2D eigenvalue weighted by atomic mass is 10.2. The SMILES string of the molecule is COCOc1ccc(/C=C/C(=O)NCCCO)cc1. The number of benzene rings is 1. The molecule has 0 aliphatic rings. The molecular formula is C14H19NO4. The van der Waals surface area contributed by atoms with Crippen molar-refractivity contribution in [2.45, 2.75) is 6.42 Å². The molecule has 0 spiro atoms. The monoisotopic (exact) mass is 265 g/mol. The van der Waals surface area contributed by atoms with Gasteiger partial charge in [0.2, 0.25) is 5.91 Å². The van der Waals surface area contributed by atoms with Gasteiger partial charge in [0, 0.05) is 26.3 Å². The molecule has 0 heterocycles. The number of hydrogen-bond donors (Lipinski definition) is 2. The predicted molar refractivity (Wildman–Crippen MR) is 72.7 cm³/mol. The fourth-order valence-electron chi connectivity index (χ4n) is 1.32. The van der Waals surface area contributed by atoms with Crippen LogP contribution in [0.2, 0.25) is 0 Å². The number of amides is 1. The molecule has 0 aliphatic carbocycles. The maximum Gasteiger partial charge on any atom is 0.244 e. The number of aliphatic hydroxyl groups excluding tert-OH is 1. The minimum absolute atomic E-state index is 0.0763. The van der Waals surface area contributed by atoms with Crippen LogP contribution in [-0.4, -0.2) is 38.1 Å². The van der Waals surface area contributed by atoms with Crippen LogP contribution in [0.3, 0.4) is 0 Å². The van der Waals surface area contributed by atoms with Gasteiger partial charge in [-0.3, -0.25) is 4.79 Å². The third-order valence-corrected chi connectivity index (χ3v) is 2.28. The molecule has 0 bridgehead atoms. The molecule has 1 aromatic carbocycles. The summed E-state index contributed by atoms with van der Waals surface area (Å²) in [6.07, 6.45) is 3.74. The summed E-state index contributed by atoms with van der Waals surface area (Å²) in [5, 5.41) is 11.3. The van der Waals surface area contributed by atoms with Gasteiger partial charge in [0.25, 0.3) is 0 Å². The van der Waals surface area contributed by atoms with E-state index in [9.17, 15) is 4.79 Å². The van der Waals surface area contributed by atoms with Gasteiger partial charge in [0.1, 0.15) is 5.75 Å². The van der Waals surface area contributed by atoms with Gasteiger partial charge in [-0.15, -0.1) is 0 Å². The van der Waals surface area contributed by atoms with Crippen molar-refractivity contribution >= 4 is 12.0 Å². The van der Waals surface area contributed by atoms with Crippen molar-refractivity contribution in [2.75, 3.05) is 27.1 Å². The molecule has 5 heteroatoms. The Kier molecular flexibility index (Phi) is 7.31. The van der Waals surface area contributed by atoms with E-state index in [2.05, 4.69) is 5.32 Å². The Labute approximate surface area is 112 Å². The van der Waals surface area contributed by atoms with Crippen LogP contribution in [0.25, 0.3) is 6.08 Å². The Balaban J connectivity index is 2.41. The minimum Gasteiger partial charge on any atom is -0.468 e. The molecule has 19 heavy (non-hydrogen) atoms. The van der Waals surface area contributed by atoms with Crippen molar-refractivity contribution < 1.29 is 19.4 Å². The highest BCUT2D eigenvalue weighted by Gasteiger charge is 1.95. The topological polar surface area (TPSA) is 67.8 Å². The van der Waals surface area contributed by atoms with Gasteiger partial charge in [0.15, 0.2) is 6.79 Å². The van der Waals surface area contributed by atoms with Gasteiger partial charge in [0.05, 0.1) is 0 Å². The molecule has 1 amide bonds. The number of nitrogens with one attached hydrogen (secondary N) is 1. The van der Waals surface area contributed by atoms with E-state index >= 15 is 0 Å². The molecule has 104 valence electrons. The highest BCUT2D eigenvalue weighted by Crippen LogP contribution is 2.12. The Morgan fingerprint density at radius 3 is 2.74 bits per heavy atom. The van der Waals surface area contributed by atoms with E-state index in [1.807, 2.05) is 24.3 Å². The number of methoxy groups -OCH3 is 1. The van der Waals surface area contributed by atoms with E-state index in [4.69, 9.17) is 14.6 Å². The zero-order valence-electron chi connectivity index (χ0n) is 11.0. The second-order valence-corrected chi connectivity index (χ2v) is 3.82. The highest BCUT2D eigenvalue weighted by molar-refractivity contribution is 5.91. The third-order valence-electron chi connectivity index (χ3n) is 2.28. The molecule has 0 unspecified atom stereocenters. The van der Waals surface area contributed by atoms with E-state index in [0.29, 0.717) is 18.7 Å². The van der Waals surface area contributed by atoms with Crippen molar-refractivity contribution in [3.63, 3.8) is 0 Å². The van der Waals surface area contributed by atoms with Crippen LogP contribution in [0.1, 0.15) is 12.0 Å². The van der Waals surface area contributed by atoms with Crippen LogP contribution in [0.4, 0.5) is 0 Å². The maximum absolute atomic E-state index is 11.4. The van der Waals surface area contributed by atoms with Crippen LogP contribution in [0.15, 0.2) is 30.3 Å². The standard InChI is InChI=1S/C14H19NO4/c1-18-11-19-13-6-3-12(4-7-13)5-8-14(17)15-9-2-10-16/h3-8,16H,2,9-11H2,1H3,(H,15,17)/b8-5+. The third kappa shape index (κ3) is 6.59. The lowest BCUT2D eigenvalue weighted by molar-refractivity contribution is -0.116. The van der Waals surface area contributed by atoms with Crippen LogP contribution in [0.5, 0.6) is 5.75 Å². The molecule has 0 saturated heterocycles. The van der Waals surface area contributed by atoms with Gasteiger partial charge in [-0.2, -0.15) is 0 Å². The summed E-state index contributed by atoms with van der Waals surface area (Å²) in [4.78, 5) is 11.4. The molecular weight excluding hydrogens is 246 g/mol. The van der Waals surface area contributed by atoms with Crippen molar-refractivity contribution in [3.8, 4) is 5.75 Å². The van der Waals surface area contributed by atoms with Crippen molar-refractivity contribution in [1.29, 1.82) is 0 Å². The van der Waals surface area contributed by atoms with E-state index < -0.39 is 0 Å². The molecule has 0 aliphatic heterocycles. The van der Waals surface area contributed by atoms with Crippen LogP contribution < -0.4 is 10.1 Å². The second-order valence-electron chi connectivity index (χ2n) is 3.82. The first kappa shape index (κ1) is 15.2. The summed E-state index contributed by atoms with van der Waals surface area (Å²) >= 11 is 0. The maximum atomic E-state index is 11.4. The number of rotatable bonds is 8. The summed E-state index contributed by atoms with van der Waals surface area (Å²) in [5.74, 6) is 0.541. The first-order valence-corrected chi connectivity index (χ1v) is 6.05. The Hall–Kier alpha value is -1.85. The number of ether oxygens (including phenoxy) is 2. The van der Waals surface area contributed by atoms with Crippen molar-refractivity contribution in [3.05, 3.63) is 35.9 Å². The van der Waals surface area contributed by atoms with Crippen molar-refractivity contribution in [2.24, 2.45) is 0 Å². The van der Waals surface area contributed by atoms with Gasteiger partial charge in [-0.1, -0.05) is 12.1 Å². The van der Waals surface area contributed by atoms with Crippen LogP contribution in [0, 0.1) is 0 Å². The molecule has 1 rings (SSSR count). The first-order valence-electron chi connectivity index (χ1n) is 6.05. The second kappa shape index (κ2) is 9.13. The minimum atomic E-state index is -0.173. The first-order chi connectivity index (χ1) is 9.26. The zero-order chi connectivity index (χ0) is 13.9. The van der Waals surface area contributed by atoms with E-state index in [-0.39, 0.29) is 19.3 Å². The molecule has 0 radical (unpaired) electrons. The van der Waals surface area contributed by atoms with E-state index in [1.54, 1.807) is 13.2 Å². The van der Waals surface area contributed by atoms with Gasteiger partial charge in [-0.05, 0) is 30.2 Å². The van der Waals surface area contributed by atoms with E-state index in [1.165, 1.54) is 6.08 Å². The summed E-state index contributed by atoms with van der Waals surface area (Å²) in [5.41, 5.74) is 0.905. The highest BCUT2D eigenvalue weighted by atomic mass is 16.7. The van der Waals surface area contributed by atoms with Gasteiger partial charge >= 0.3 is 0 Å². The largest absolute Gasteiger partial charge is 0.468 e. The molecule has 5 nitrogen and oxygen atoms in total. The van der Waals surface area contributed by atoms with Gasteiger partial charge < -0.3 is 19.9 Å². The predicted octanol–water partition coefficient (Wildman–Crippen LogP) is 1.18. The van der Waals surface area contributed by atoms with Crippen molar-refractivity contribution in [1.82, 2.24) is 5.32 Å². The van der Waals surface area contributed by atoms with Crippen LogP contribution >= 0.6 is 0 Å². The van der Waals surface area contributed by atoms with Gasteiger partial charge in [-0.25, -0.2) is 0 Å². The Morgan fingerprint density at radius 2 is 2.11 bits per heavy atom. The average Bonchev–Trinajstić information content (AvgIpc) is 2.44. The number of aliphatic hydroxyl groups is 1. The number of carbonyl (C=O) groups excluding carboxylic acids is 1. The summed E-state index contributed by atoms with van der Waals surface area (Å²) in [6, 6.07) is 7.32. The smallest absolute Gasteiger partial charge is 0.244 e. The average molecular weight is 265 g/mol. The summed E-state index contributed by atoms with van der Waals surface area (Å²) < 4.78 is 10.0. The fraction of sp³-hybridized carbons (Fsp3) is 0.357. The van der Waals surface area contributed by atoms with Crippen LogP contribution in [-0.2, 0) is 9.53 Å².